The van der Waals surface area contributed by atoms with Gasteiger partial charge in [-0.1, -0.05) is 24.3 Å². The molecule has 46 heavy (non-hydrogen) atoms. The van der Waals surface area contributed by atoms with E-state index < -0.39 is 12.1 Å². The lowest BCUT2D eigenvalue weighted by molar-refractivity contribution is -0.115. The number of nitrogens with one attached hydrogen (secondary N) is 2. The molecule has 6 amide bonds. The minimum atomic E-state index is -0.604. The van der Waals surface area contributed by atoms with Crippen LogP contribution in [0.25, 0.3) is 0 Å². The van der Waals surface area contributed by atoms with Crippen molar-refractivity contribution in [1.29, 1.82) is 0 Å². The molecule has 3 aromatic rings. The Morgan fingerprint density at radius 2 is 0.913 bits per heavy atom. The molecule has 2 N–H and O–H groups in total. The van der Waals surface area contributed by atoms with Crippen molar-refractivity contribution in [3.63, 3.8) is 0 Å². The van der Waals surface area contributed by atoms with Crippen LogP contribution in [0.1, 0.15) is 23.2 Å². The smallest absolute Gasteiger partial charge is 0.322 e. The fourth-order valence-electron chi connectivity index (χ4n) is 6.46. The normalized spacial score (nSPS) is 21.0. The first-order chi connectivity index (χ1) is 22.2. The second-order valence-electron chi connectivity index (χ2n) is 11.4. The van der Waals surface area contributed by atoms with Gasteiger partial charge in [0.25, 0.3) is 11.8 Å². The summed E-state index contributed by atoms with van der Waals surface area (Å²) >= 11 is 0. The molecule has 0 aromatic heterocycles. The zero-order chi connectivity index (χ0) is 32.3. The number of urea groups is 2. The summed E-state index contributed by atoms with van der Waals surface area (Å²) in [5.74, 6) is 0.932. The van der Waals surface area contributed by atoms with Crippen molar-refractivity contribution in [3.8, 4) is 11.5 Å². The number of nitrogens with zero attached hydrogens (tertiary/aromatic N) is 4. The lowest BCUT2D eigenvalue weighted by Gasteiger charge is -2.31. The van der Waals surface area contributed by atoms with Crippen molar-refractivity contribution in [2.75, 3.05) is 51.2 Å². The number of carbonyl (C=O) groups is 4. The second-order valence-corrected chi connectivity index (χ2v) is 11.4. The Bertz CT molecular complexity index is 1700. The molecule has 2 atom stereocenters. The molecule has 7 rings (SSSR count). The number of hydrogen-bond acceptors (Lipinski definition) is 6. The highest BCUT2D eigenvalue weighted by Gasteiger charge is 2.45. The van der Waals surface area contributed by atoms with Crippen LogP contribution in [0.2, 0.25) is 0 Å². The zero-order valence-electron chi connectivity index (χ0n) is 25.7. The molecule has 0 unspecified atom stereocenters. The van der Waals surface area contributed by atoms with Gasteiger partial charge in [-0.25, -0.2) is 9.59 Å². The van der Waals surface area contributed by atoms with Gasteiger partial charge in [-0.15, -0.1) is 0 Å². The minimum absolute atomic E-state index is 0.210. The molecule has 4 heterocycles. The number of ether oxygens (including phenoxy) is 2. The van der Waals surface area contributed by atoms with Crippen molar-refractivity contribution in [2.24, 2.45) is 0 Å². The van der Waals surface area contributed by atoms with E-state index in [4.69, 9.17) is 9.47 Å². The van der Waals surface area contributed by atoms with Crippen LogP contribution in [0.4, 0.5) is 21.0 Å². The Balaban J connectivity index is 1.13. The fourth-order valence-corrected chi connectivity index (χ4v) is 6.46. The van der Waals surface area contributed by atoms with Gasteiger partial charge in [0, 0.05) is 25.5 Å². The first kappa shape index (κ1) is 29.0. The van der Waals surface area contributed by atoms with Crippen molar-refractivity contribution in [2.45, 2.75) is 12.1 Å². The third-order valence-electron chi connectivity index (χ3n) is 9.09. The topological polar surface area (TPSA) is 124 Å². The molecule has 0 saturated heterocycles. The highest BCUT2D eigenvalue weighted by atomic mass is 16.5. The molecule has 0 bridgehead atoms. The molecule has 234 valence electrons. The molecular weight excluding hydrogens is 588 g/mol. The minimum Gasteiger partial charge on any atom is -0.497 e. The van der Waals surface area contributed by atoms with Gasteiger partial charge in [-0.05, 0) is 59.7 Å². The van der Waals surface area contributed by atoms with Crippen LogP contribution < -0.4 is 29.9 Å². The number of hydrogen-bond donors (Lipinski definition) is 2. The highest BCUT2D eigenvalue weighted by Crippen LogP contribution is 2.40. The van der Waals surface area contributed by atoms with Gasteiger partial charge in [0.1, 0.15) is 11.5 Å². The number of amides is 6. The van der Waals surface area contributed by atoms with Crippen molar-refractivity contribution < 1.29 is 28.7 Å². The molecule has 0 saturated carbocycles. The first-order valence-corrected chi connectivity index (χ1v) is 14.8. The molecular formula is C34H32N6O6. The van der Waals surface area contributed by atoms with E-state index in [1.54, 1.807) is 86.6 Å². The van der Waals surface area contributed by atoms with E-state index >= 15 is 0 Å². The number of carbonyl (C=O) groups excluding carboxylic acids is 4. The molecule has 12 heteroatoms. The SMILES string of the molecule is COc1ccc([C@@H]2NC(=O)N(C)C3=C2C(=O)N(c2ccc(N4CC5=C(C4=O)[C@H](c4ccc(OC)cc4)NC(=O)N5C)cc2)C3)cc1. The van der Waals surface area contributed by atoms with Gasteiger partial charge >= 0.3 is 12.1 Å². The highest BCUT2D eigenvalue weighted by molar-refractivity contribution is 6.13. The summed E-state index contributed by atoms with van der Waals surface area (Å²) in [5, 5.41) is 5.90. The molecule has 0 radical (unpaired) electrons. The first-order valence-electron chi connectivity index (χ1n) is 14.8. The number of anilines is 2. The quantitative estimate of drug-likeness (QED) is 0.433. The van der Waals surface area contributed by atoms with E-state index in [0.717, 1.165) is 11.1 Å². The van der Waals surface area contributed by atoms with Gasteiger partial charge in [-0.3, -0.25) is 19.4 Å². The maximum Gasteiger partial charge on any atom is 0.322 e. The Kier molecular flexibility index (Phi) is 6.92. The summed E-state index contributed by atoms with van der Waals surface area (Å²) in [6.45, 7) is 0.454. The summed E-state index contributed by atoms with van der Waals surface area (Å²) in [6.07, 6.45) is 0. The van der Waals surface area contributed by atoms with E-state index in [-0.39, 0.29) is 37.0 Å². The third kappa shape index (κ3) is 4.52. The molecule has 0 spiro atoms. The maximum atomic E-state index is 13.9. The van der Waals surface area contributed by atoms with Gasteiger partial charge in [0.2, 0.25) is 0 Å². The maximum absolute atomic E-state index is 13.9. The predicted octanol–water partition coefficient (Wildman–Crippen LogP) is 3.70. The summed E-state index contributed by atoms with van der Waals surface area (Å²) < 4.78 is 10.5. The third-order valence-corrected chi connectivity index (χ3v) is 9.09. The molecule has 4 aliphatic rings. The Morgan fingerprint density at radius 1 is 0.565 bits per heavy atom. The summed E-state index contributed by atoms with van der Waals surface area (Å²) in [4.78, 5) is 59.7. The zero-order valence-corrected chi connectivity index (χ0v) is 25.7. The van der Waals surface area contributed by atoms with Crippen LogP contribution in [0.5, 0.6) is 11.5 Å². The fraction of sp³-hybridized carbons (Fsp3) is 0.235. The monoisotopic (exact) mass is 620 g/mol. The van der Waals surface area contributed by atoms with Crippen LogP contribution in [-0.4, -0.2) is 75.1 Å². The number of benzene rings is 3. The number of rotatable bonds is 6. The number of methoxy groups -OCH3 is 2. The molecule has 3 aromatic carbocycles. The standard InChI is InChI=1S/C34H32N6O6/c1-37-25-17-39(31(41)27(25)29(35-33(37)43)19-5-13-23(45-3)14-6-19)21-9-11-22(12-10-21)40-18-26-28(32(40)42)30(36-34(44)38(26)2)20-7-15-24(46-4)16-8-20/h5-16,29-30H,17-18H2,1-4H3,(H,35,43)(H,36,44)/t29-,30-/m0/s1. The van der Waals surface area contributed by atoms with Crippen LogP contribution in [0.3, 0.4) is 0 Å². The van der Waals surface area contributed by atoms with Gasteiger partial charge < -0.3 is 29.9 Å². The summed E-state index contributed by atoms with van der Waals surface area (Å²) in [5.41, 5.74) is 5.09. The summed E-state index contributed by atoms with van der Waals surface area (Å²) in [7, 11) is 6.46. The molecule has 0 aliphatic carbocycles. The predicted molar refractivity (Wildman–Crippen MR) is 169 cm³/mol. The Morgan fingerprint density at radius 3 is 1.24 bits per heavy atom. The van der Waals surface area contributed by atoms with E-state index in [1.165, 1.54) is 9.80 Å². The van der Waals surface area contributed by atoms with Gasteiger partial charge in [-0.2, -0.15) is 0 Å². The van der Waals surface area contributed by atoms with E-state index in [0.29, 0.717) is 45.4 Å². The van der Waals surface area contributed by atoms with E-state index in [1.807, 2.05) is 24.3 Å². The summed E-state index contributed by atoms with van der Waals surface area (Å²) in [6, 6.07) is 19.9. The Hall–Kier alpha value is -5.78. The van der Waals surface area contributed by atoms with Crippen molar-refractivity contribution >= 4 is 35.3 Å². The van der Waals surface area contributed by atoms with Crippen LogP contribution in [0, 0.1) is 0 Å². The van der Waals surface area contributed by atoms with Gasteiger partial charge in [0.05, 0.1) is 61.9 Å². The molecule has 12 nitrogen and oxygen atoms in total. The largest absolute Gasteiger partial charge is 0.497 e. The van der Waals surface area contributed by atoms with Crippen LogP contribution >= 0.6 is 0 Å². The lowest BCUT2D eigenvalue weighted by atomic mass is 9.95. The lowest BCUT2D eigenvalue weighted by Crippen LogP contribution is -2.45. The average Bonchev–Trinajstić information content (AvgIpc) is 3.62. The Labute approximate surface area is 265 Å². The van der Waals surface area contributed by atoms with Crippen molar-refractivity contribution in [3.05, 3.63) is 106 Å². The van der Waals surface area contributed by atoms with Gasteiger partial charge in [0.15, 0.2) is 0 Å². The molecule has 0 fully saturated rings. The molecule has 4 aliphatic heterocycles. The van der Waals surface area contributed by atoms with Crippen molar-refractivity contribution in [1.82, 2.24) is 20.4 Å². The van der Waals surface area contributed by atoms with E-state index in [9.17, 15) is 19.2 Å². The number of likely N-dealkylation sites (N-methyl/N-ethyl adjacent to an activating group) is 2. The average molecular weight is 621 g/mol. The van der Waals surface area contributed by atoms with Crippen LogP contribution in [0.15, 0.2) is 95.3 Å². The second kappa shape index (κ2) is 11.0. The van der Waals surface area contributed by atoms with E-state index in [2.05, 4.69) is 10.6 Å². The van der Waals surface area contributed by atoms with Crippen LogP contribution in [-0.2, 0) is 9.59 Å².